The molecule has 50 heavy (non-hydrogen) atoms. The Morgan fingerprint density at radius 3 is 1.42 bits per heavy atom. The molecule has 0 amide bonds. The number of hydrogen-bond acceptors (Lipinski definition) is 6. The van der Waals surface area contributed by atoms with Crippen LogP contribution in [-0.2, 0) is 0 Å². The maximum atomic E-state index is 13.7. The van der Waals surface area contributed by atoms with Crippen molar-refractivity contribution in [2.24, 2.45) is 0 Å². The van der Waals surface area contributed by atoms with Crippen molar-refractivity contribution in [2.45, 2.75) is 37.9 Å². The molecular formula is C34H20Br2F6N4O4. The molecule has 0 N–H and O–H groups in total. The van der Waals surface area contributed by atoms with Crippen LogP contribution in [0.4, 0.5) is 26.3 Å². The minimum Gasteiger partial charge on any atom is -0.435 e. The van der Waals surface area contributed by atoms with Crippen LogP contribution in [0.15, 0.2) is 82.0 Å². The molecule has 2 aliphatic carbocycles. The van der Waals surface area contributed by atoms with Crippen LogP contribution in [0.1, 0.15) is 68.2 Å². The second kappa shape index (κ2) is 13.2. The minimum absolute atomic E-state index is 0.0132. The first-order valence-corrected chi connectivity index (χ1v) is 16.4. The summed E-state index contributed by atoms with van der Waals surface area (Å²) in [6, 6.07) is 15.1. The van der Waals surface area contributed by atoms with Crippen LogP contribution in [0.2, 0.25) is 0 Å². The first-order valence-electron chi connectivity index (χ1n) is 14.8. The largest absolute Gasteiger partial charge is 0.435 e. The van der Waals surface area contributed by atoms with Crippen molar-refractivity contribution < 1.29 is 45.4 Å². The lowest BCUT2D eigenvalue weighted by Gasteiger charge is -2.16. The van der Waals surface area contributed by atoms with Gasteiger partial charge in [-0.2, -0.15) is 17.6 Å². The molecule has 0 spiro atoms. The number of rotatable bonds is 6. The zero-order chi connectivity index (χ0) is 35.4. The lowest BCUT2D eigenvalue weighted by molar-refractivity contribution is -0.0512. The summed E-state index contributed by atoms with van der Waals surface area (Å²) in [5.74, 6) is -2.39. The molecule has 0 bridgehead atoms. The number of para-hydroxylation sites is 2. The van der Waals surface area contributed by atoms with Crippen LogP contribution >= 0.6 is 31.9 Å². The Morgan fingerprint density at radius 1 is 0.660 bits per heavy atom. The van der Waals surface area contributed by atoms with Gasteiger partial charge in [-0.15, -0.1) is 0 Å². The molecule has 0 fully saturated rings. The van der Waals surface area contributed by atoms with Gasteiger partial charge in [-0.05, 0) is 44.0 Å². The fraction of sp³-hybridized carbons (Fsp3) is 0.176. The highest BCUT2D eigenvalue weighted by Gasteiger charge is 2.38. The summed E-state index contributed by atoms with van der Waals surface area (Å²) in [6.45, 7) is -5.94. The molecule has 0 saturated carbocycles. The van der Waals surface area contributed by atoms with E-state index in [4.69, 9.17) is 0 Å². The Kier molecular flexibility index (Phi) is 8.92. The molecule has 2 aliphatic rings. The summed E-state index contributed by atoms with van der Waals surface area (Å²) < 4.78 is 91.1. The van der Waals surface area contributed by atoms with Gasteiger partial charge in [0.05, 0.1) is 20.3 Å². The molecule has 0 radical (unpaired) electrons. The van der Waals surface area contributed by atoms with Gasteiger partial charge in [0, 0.05) is 60.3 Å². The summed E-state index contributed by atoms with van der Waals surface area (Å²) >= 11 is 6.23. The topological polar surface area (TPSA) is 87.2 Å². The smallest absolute Gasteiger partial charge is 0.387 e. The van der Waals surface area contributed by atoms with Gasteiger partial charge in [-0.25, -0.2) is 18.7 Å². The van der Waals surface area contributed by atoms with E-state index in [1.54, 1.807) is 45.2 Å². The quantitative estimate of drug-likeness (QED) is 0.156. The molecule has 2 aromatic carbocycles. The number of halogens is 8. The van der Waals surface area contributed by atoms with Crippen molar-refractivity contribution in [1.82, 2.24) is 18.8 Å². The van der Waals surface area contributed by atoms with Crippen LogP contribution < -0.4 is 9.47 Å². The van der Waals surface area contributed by atoms with E-state index >= 15 is 0 Å². The third-order valence-electron chi connectivity index (χ3n) is 8.39. The molecule has 6 aromatic rings. The lowest BCUT2D eigenvalue weighted by atomic mass is 9.95. The van der Waals surface area contributed by atoms with Crippen LogP contribution in [0.25, 0.3) is 11.3 Å². The number of ether oxygens (including phenoxy) is 2. The SMILES string of the molecule is O=C1C[C@@H](c2ccccc2OC(F)F)c2c1nc1cc(F)c(Br)cn21.O=C1C[C@H](c2ccccc2OC(F)F)c2c1nc1cc(F)c(Br)cn21. The van der Waals surface area contributed by atoms with Gasteiger partial charge in [0.25, 0.3) is 0 Å². The third-order valence-corrected chi connectivity index (χ3v) is 9.56. The van der Waals surface area contributed by atoms with Crippen LogP contribution in [0.3, 0.4) is 0 Å². The van der Waals surface area contributed by atoms with Crippen molar-refractivity contribution in [3.05, 3.63) is 128 Å². The normalized spacial score (nSPS) is 16.7. The van der Waals surface area contributed by atoms with E-state index in [9.17, 15) is 35.9 Å². The highest BCUT2D eigenvalue weighted by atomic mass is 79.9. The summed E-state index contributed by atoms with van der Waals surface area (Å²) in [4.78, 5) is 33.1. The molecule has 2 atom stereocenters. The lowest BCUT2D eigenvalue weighted by Crippen LogP contribution is -2.08. The fourth-order valence-corrected chi connectivity index (χ4v) is 7.05. The Bertz CT molecular complexity index is 2170. The van der Waals surface area contributed by atoms with Gasteiger partial charge in [-0.3, -0.25) is 9.59 Å². The molecule has 256 valence electrons. The highest BCUT2D eigenvalue weighted by Crippen LogP contribution is 2.44. The number of benzene rings is 2. The maximum absolute atomic E-state index is 13.7. The average Bonchev–Trinajstić information content (AvgIpc) is 3.79. The summed E-state index contributed by atoms with van der Waals surface area (Å²) in [5.41, 5.74) is 3.07. The van der Waals surface area contributed by atoms with Crippen LogP contribution in [-0.4, -0.2) is 43.6 Å². The second-order valence-corrected chi connectivity index (χ2v) is 13.0. The number of carbonyl (C=O) groups is 2. The number of aromatic nitrogens is 4. The van der Waals surface area contributed by atoms with E-state index in [1.807, 2.05) is 0 Å². The molecule has 4 heterocycles. The number of pyridine rings is 2. The van der Waals surface area contributed by atoms with E-state index in [0.717, 1.165) is 0 Å². The van der Waals surface area contributed by atoms with Crippen molar-refractivity contribution >= 4 is 54.7 Å². The molecule has 16 heteroatoms. The van der Waals surface area contributed by atoms with E-state index in [2.05, 4.69) is 51.3 Å². The number of fused-ring (bicyclic) bond motifs is 6. The second-order valence-electron chi connectivity index (χ2n) is 11.3. The summed E-state index contributed by atoms with van der Waals surface area (Å²) in [6.07, 6.45) is 3.16. The number of nitrogens with zero attached hydrogens (tertiary/aromatic N) is 4. The first kappa shape index (κ1) is 33.8. The van der Waals surface area contributed by atoms with E-state index in [-0.39, 0.29) is 67.5 Å². The molecular weight excluding hydrogens is 802 g/mol. The standard InChI is InChI=1S/2C17H10BrF3N2O2/c2*18-10-7-23-14(6-11(10)19)22-15-12(24)5-9(16(15)23)8-3-1-2-4-13(8)25-17(20)21/h2*1-4,6-7,9,17H,5H2/t2*9-/m10/s1. The molecule has 0 saturated heterocycles. The summed E-state index contributed by atoms with van der Waals surface area (Å²) in [5, 5.41) is 0. The van der Waals surface area contributed by atoms with Crippen molar-refractivity contribution in [1.29, 1.82) is 0 Å². The number of carbonyl (C=O) groups excluding carboxylic acids is 2. The molecule has 4 aromatic heterocycles. The molecule has 8 rings (SSSR count). The molecule has 8 nitrogen and oxygen atoms in total. The predicted molar refractivity (Wildman–Crippen MR) is 173 cm³/mol. The Hall–Kier alpha value is -4.70. The third kappa shape index (κ3) is 6.04. The number of alkyl halides is 4. The van der Waals surface area contributed by atoms with Gasteiger partial charge < -0.3 is 18.3 Å². The number of hydrogen-bond donors (Lipinski definition) is 0. The number of imidazole rings is 2. The van der Waals surface area contributed by atoms with Gasteiger partial charge in [0.2, 0.25) is 0 Å². The Labute approximate surface area is 294 Å². The van der Waals surface area contributed by atoms with Gasteiger partial charge in [0.1, 0.15) is 45.8 Å². The van der Waals surface area contributed by atoms with Crippen molar-refractivity contribution in [3.63, 3.8) is 0 Å². The summed E-state index contributed by atoms with van der Waals surface area (Å²) in [7, 11) is 0. The first-order chi connectivity index (χ1) is 23.9. The van der Waals surface area contributed by atoms with Gasteiger partial charge in [-0.1, -0.05) is 36.4 Å². The average molecular weight is 822 g/mol. The zero-order valence-electron chi connectivity index (χ0n) is 25.1. The minimum atomic E-state index is -2.97. The van der Waals surface area contributed by atoms with E-state index < -0.39 is 36.7 Å². The number of ketones is 2. The van der Waals surface area contributed by atoms with Crippen LogP contribution in [0.5, 0.6) is 11.5 Å². The van der Waals surface area contributed by atoms with Crippen molar-refractivity contribution in [3.8, 4) is 11.5 Å². The maximum Gasteiger partial charge on any atom is 0.387 e. The van der Waals surface area contributed by atoms with E-state index in [1.165, 1.54) is 36.7 Å². The monoisotopic (exact) mass is 820 g/mol. The Morgan fingerprint density at radius 2 is 1.04 bits per heavy atom. The van der Waals surface area contributed by atoms with E-state index in [0.29, 0.717) is 22.5 Å². The van der Waals surface area contributed by atoms with Gasteiger partial charge >= 0.3 is 13.2 Å². The predicted octanol–water partition coefficient (Wildman–Crippen LogP) is 9.11. The molecule has 0 unspecified atom stereocenters. The fourth-order valence-electron chi connectivity index (χ4n) is 6.41. The van der Waals surface area contributed by atoms with Crippen LogP contribution in [0, 0.1) is 11.6 Å². The number of Topliss-reactive ketones (excluding diaryl/α,β-unsaturated/α-hetero) is 2. The van der Waals surface area contributed by atoms with Crippen molar-refractivity contribution in [2.75, 3.05) is 0 Å². The Balaban J connectivity index is 0.000000157. The highest BCUT2D eigenvalue weighted by molar-refractivity contribution is 9.10. The molecule has 0 aliphatic heterocycles. The zero-order valence-corrected chi connectivity index (χ0v) is 28.3. The van der Waals surface area contributed by atoms with Gasteiger partial charge in [0.15, 0.2) is 11.6 Å².